The number of nitrogens with zero attached hydrogens (tertiary/aromatic N) is 3. The topological polar surface area (TPSA) is 94.9 Å². The summed E-state index contributed by atoms with van der Waals surface area (Å²) in [5.41, 5.74) is 5.19. The van der Waals surface area contributed by atoms with Crippen LogP contribution in [0.2, 0.25) is 0 Å². The van der Waals surface area contributed by atoms with Crippen LogP contribution in [0.4, 0.5) is 0 Å². The highest BCUT2D eigenvalue weighted by atomic mass is 16.3. The van der Waals surface area contributed by atoms with Gasteiger partial charge in [-0.2, -0.15) is 5.10 Å². The van der Waals surface area contributed by atoms with Crippen LogP contribution in [-0.2, 0) is 16.0 Å². The summed E-state index contributed by atoms with van der Waals surface area (Å²) in [6, 6.07) is 12.0. The van der Waals surface area contributed by atoms with Gasteiger partial charge < -0.3 is 10.0 Å². The summed E-state index contributed by atoms with van der Waals surface area (Å²) in [5.74, 6) is -0.0700. The van der Waals surface area contributed by atoms with Gasteiger partial charge in [0.1, 0.15) is 0 Å². The number of carbonyl (C=O) groups excluding carboxylic acids is 2. The Balaban J connectivity index is 1.33. The molecular formula is C21H24N4O3. The lowest BCUT2D eigenvalue weighted by Gasteiger charge is -2.17. The molecule has 3 heterocycles. The third-order valence-electron chi connectivity index (χ3n) is 5.49. The zero-order valence-corrected chi connectivity index (χ0v) is 15.7. The third kappa shape index (κ3) is 4.20. The predicted octanol–water partition coefficient (Wildman–Crippen LogP) is 1.64. The van der Waals surface area contributed by atoms with E-state index in [-0.39, 0.29) is 17.7 Å². The van der Waals surface area contributed by atoms with Gasteiger partial charge in [0.2, 0.25) is 11.8 Å². The van der Waals surface area contributed by atoms with Crippen molar-refractivity contribution in [2.24, 2.45) is 11.0 Å². The molecule has 2 atom stereocenters. The van der Waals surface area contributed by atoms with Crippen molar-refractivity contribution in [2.75, 3.05) is 13.1 Å². The van der Waals surface area contributed by atoms with E-state index >= 15 is 0 Å². The zero-order chi connectivity index (χ0) is 19.5. The van der Waals surface area contributed by atoms with Gasteiger partial charge in [-0.1, -0.05) is 24.3 Å². The average Bonchev–Trinajstić information content (AvgIpc) is 3.07. The number of benzene rings is 1. The maximum Gasteiger partial charge on any atom is 0.240 e. The van der Waals surface area contributed by atoms with E-state index in [0.717, 1.165) is 22.3 Å². The first-order valence-electron chi connectivity index (χ1n) is 9.73. The Labute approximate surface area is 163 Å². The number of hydrazone groups is 1. The minimum absolute atomic E-state index is 0.0103. The van der Waals surface area contributed by atoms with Crippen LogP contribution in [0.5, 0.6) is 0 Å². The second-order valence-electron chi connectivity index (χ2n) is 7.54. The Morgan fingerprint density at radius 2 is 2.04 bits per heavy atom. The van der Waals surface area contributed by atoms with Crippen molar-refractivity contribution >= 4 is 28.4 Å². The summed E-state index contributed by atoms with van der Waals surface area (Å²) < 4.78 is 0. The molecule has 1 aromatic carbocycles. The van der Waals surface area contributed by atoms with Crippen LogP contribution in [0.3, 0.4) is 0 Å². The summed E-state index contributed by atoms with van der Waals surface area (Å²) in [6.45, 7) is 0.901. The number of aromatic nitrogens is 1. The molecule has 1 fully saturated rings. The molecule has 28 heavy (non-hydrogen) atoms. The molecule has 2 aliphatic rings. The maximum atomic E-state index is 12.5. The van der Waals surface area contributed by atoms with E-state index in [1.807, 2.05) is 36.4 Å². The summed E-state index contributed by atoms with van der Waals surface area (Å²) in [5, 5.41) is 15.5. The fourth-order valence-corrected chi connectivity index (χ4v) is 3.85. The van der Waals surface area contributed by atoms with Crippen LogP contribution in [0, 0.1) is 5.92 Å². The van der Waals surface area contributed by atoms with Crippen LogP contribution in [0.15, 0.2) is 41.5 Å². The molecule has 146 valence electrons. The van der Waals surface area contributed by atoms with E-state index in [2.05, 4.69) is 15.5 Å². The molecule has 2 amide bonds. The Hall–Kier alpha value is -2.80. The van der Waals surface area contributed by atoms with Crippen molar-refractivity contribution in [3.8, 4) is 0 Å². The highest BCUT2D eigenvalue weighted by Gasteiger charge is 2.34. The molecule has 2 N–H and O–H groups in total. The average molecular weight is 380 g/mol. The number of hydrogen-bond donors (Lipinski definition) is 2. The number of likely N-dealkylation sites (tertiary alicyclic amines) is 1. The third-order valence-corrected chi connectivity index (χ3v) is 5.49. The van der Waals surface area contributed by atoms with E-state index < -0.39 is 6.10 Å². The Morgan fingerprint density at radius 1 is 1.18 bits per heavy atom. The lowest BCUT2D eigenvalue weighted by Crippen LogP contribution is -2.31. The van der Waals surface area contributed by atoms with Crippen LogP contribution in [0.1, 0.15) is 31.4 Å². The smallest absolute Gasteiger partial charge is 0.240 e. The van der Waals surface area contributed by atoms with E-state index in [4.69, 9.17) is 0 Å². The second-order valence-corrected chi connectivity index (χ2v) is 7.54. The first-order chi connectivity index (χ1) is 13.6. The van der Waals surface area contributed by atoms with Gasteiger partial charge in [0, 0.05) is 48.6 Å². The van der Waals surface area contributed by atoms with Crippen molar-refractivity contribution in [3.05, 3.63) is 42.1 Å². The maximum absolute atomic E-state index is 12.5. The normalized spacial score (nSPS) is 22.2. The molecule has 1 saturated heterocycles. The number of nitrogens with one attached hydrogen (secondary N) is 1. The largest absolute Gasteiger partial charge is 0.391 e. The number of aliphatic hydroxyl groups excluding tert-OH is 1. The van der Waals surface area contributed by atoms with Crippen molar-refractivity contribution in [1.29, 1.82) is 0 Å². The molecule has 2 aromatic rings. The molecule has 0 radical (unpaired) electrons. The summed E-state index contributed by atoms with van der Waals surface area (Å²) in [7, 11) is 0. The van der Waals surface area contributed by atoms with Crippen molar-refractivity contribution in [2.45, 2.75) is 38.2 Å². The highest BCUT2D eigenvalue weighted by molar-refractivity contribution is 5.94. The fraction of sp³-hybridized carbons (Fsp3) is 0.429. The molecular weight excluding hydrogens is 356 g/mol. The van der Waals surface area contributed by atoms with Gasteiger partial charge in [0.25, 0.3) is 0 Å². The summed E-state index contributed by atoms with van der Waals surface area (Å²) >= 11 is 0. The number of pyridine rings is 1. The van der Waals surface area contributed by atoms with E-state index in [1.54, 1.807) is 4.90 Å². The van der Waals surface area contributed by atoms with Crippen molar-refractivity contribution < 1.29 is 14.7 Å². The SMILES string of the molecule is O=C1CCC(CCC(=O)N2C[C@@H](Cc3ccc4ccccc4n3)[C@H](O)C2)=NN1. The van der Waals surface area contributed by atoms with Crippen molar-refractivity contribution in [1.82, 2.24) is 15.3 Å². The van der Waals surface area contributed by atoms with Crippen LogP contribution >= 0.6 is 0 Å². The monoisotopic (exact) mass is 380 g/mol. The van der Waals surface area contributed by atoms with E-state index in [9.17, 15) is 14.7 Å². The summed E-state index contributed by atoms with van der Waals surface area (Å²) in [6.07, 6.45) is 2.04. The fourth-order valence-electron chi connectivity index (χ4n) is 3.85. The first-order valence-corrected chi connectivity index (χ1v) is 9.73. The lowest BCUT2D eigenvalue weighted by atomic mass is 9.99. The van der Waals surface area contributed by atoms with Crippen LogP contribution in [0.25, 0.3) is 10.9 Å². The number of carbonyl (C=O) groups is 2. The predicted molar refractivity (Wildman–Crippen MR) is 106 cm³/mol. The van der Waals surface area contributed by atoms with Gasteiger partial charge in [-0.3, -0.25) is 14.6 Å². The molecule has 0 bridgehead atoms. The standard InChI is InChI=1S/C21H24N4O3/c26-19-13-25(21(28)10-8-16-7-9-20(27)24-23-16)12-15(19)11-17-6-5-14-3-1-2-4-18(14)22-17/h1-6,15,19,26H,7-13H2,(H,24,27)/t15-,19-/m1/s1. The Kier molecular flexibility index (Phi) is 5.34. The Bertz CT molecular complexity index is 927. The minimum atomic E-state index is -0.538. The van der Waals surface area contributed by atoms with E-state index in [1.165, 1.54) is 0 Å². The minimum Gasteiger partial charge on any atom is -0.391 e. The van der Waals surface area contributed by atoms with Crippen molar-refractivity contribution in [3.63, 3.8) is 0 Å². The number of hydrogen-bond acceptors (Lipinski definition) is 5. The number of rotatable bonds is 5. The van der Waals surface area contributed by atoms with Gasteiger partial charge in [-0.05, 0) is 31.4 Å². The lowest BCUT2D eigenvalue weighted by molar-refractivity contribution is -0.130. The van der Waals surface area contributed by atoms with E-state index in [0.29, 0.717) is 45.2 Å². The molecule has 2 aliphatic heterocycles. The number of β-amino-alcohol motifs (C(OH)–C–C–N with tert-alkyl or cyclic N) is 1. The molecule has 0 spiro atoms. The molecule has 7 nitrogen and oxygen atoms in total. The summed E-state index contributed by atoms with van der Waals surface area (Å²) in [4.78, 5) is 30.1. The Morgan fingerprint density at radius 3 is 2.86 bits per heavy atom. The highest BCUT2D eigenvalue weighted by Crippen LogP contribution is 2.23. The second kappa shape index (κ2) is 8.06. The van der Waals surface area contributed by atoms with Gasteiger partial charge in [-0.15, -0.1) is 0 Å². The number of para-hydroxylation sites is 1. The molecule has 7 heteroatoms. The first kappa shape index (κ1) is 18.6. The molecule has 0 aliphatic carbocycles. The number of fused-ring (bicyclic) bond motifs is 1. The number of aliphatic hydroxyl groups is 1. The van der Waals surface area contributed by atoms with Crippen LogP contribution in [-0.4, -0.2) is 51.7 Å². The van der Waals surface area contributed by atoms with Gasteiger partial charge in [0.05, 0.1) is 11.6 Å². The quantitative estimate of drug-likeness (QED) is 0.824. The van der Waals surface area contributed by atoms with Gasteiger partial charge >= 0.3 is 0 Å². The van der Waals surface area contributed by atoms with Crippen LogP contribution < -0.4 is 5.43 Å². The molecule has 0 unspecified atom stereocenters. The van der Waals surface area contributed by atoms with Gasteiger partial charge in [-0.25, -0.2) is 5.43 Å². The molecule has 1 aromatic heterocycles. The number of amides is 2. The molecule has 0 saturated carbocycles. The zero-order valence-electron chi connectivity index (χ0n) is 15.7. The van der Waals surface area contributed by atoms with Gasteiger partial charge in [0.15, 0.2) is 0 Å². The molecule has 4 rings (SSSR count).